The molecule has 1 N–H and O–H groups in total. The second-order valence-corrected chi connectivity index (χ2v) is 7.00. The Balaban J connectivity index is 1.67. The van der Waals surface area contributed by atoms with Crippen LogP contribution in [0.3, 0.4) is 0 Å². The minimum Gasteiger partial charge on any atom is -0.273 e. The summed E-state index contributed by atoms with van der Waals surface area (Å²) in [6, 6.07) is 9.33. The molecule has 23 heavy (non-hydrogen) atoms. The smallest absolute Gasteiger partial charge is 0.273 e. The third-order valence-electron chi connectivity index (χ3n) is 3.37. The number of amides is 1. The molecule has 2 heterocycles. The third-order valence-corrected chi connectivity index (χ3v) is 4.80. The molecular formula is C16H14BrN3O2S. The van der Waals surface area contributed by atoms with Gasteiger partial charge in [0.05, 0.1) is 10.9 Å². The Bertz CT molecular complexity index is 890. The van der Waals surface area contributed by atoms with E-state index < -0.39 is 0 Å². The number of carbonyl (C=O) groups excluding carboxylic acids is 1. The van der Waals surface area contributed by atoms with Crippen LogP contribution in [0.4, 0.5) is 0 Å². The highest BCUT2D eigenvalue weighted by atomic mass is 79.9. The Morgan fingerprint density at radius 1 is 1.35 bits per heavy atom. The van der Waals surface area contributed by atoms with Gasteiger partial charge in [0.15, 0.2) is 0 Å². The maximum atomic E-state index is 12.4. The molecule has 118 valence electrons. The number of aryl methyl sites for hydroxylation is 1. The van der Waals surface area contributed by atoms with Gasteiger partial charge in [-0.05, 0) is 42.5 Å². The fourth-order valence-electron chi connectivity index (χ4n) is 2.24. The molecule has 1 amide bonds. The number of thiophene rings is 1. The largest absolute Gasteiger partial charge is 0.280 e. The number of aromatic nitrogens is 2. The van der Waals surface area contributed by atoms with Gasteiger partial charge in [-0.15, -0.1) is 11.3 Å². The average Bonchev–Trinajstić information content (AvgIpc) is 3.04. The number of fused-ring (bicyclic) bond motifs is 1. The zero-order valence-electron chi connectivity index (χ0n) is 12.2. The van der Waals surface area contributed by atoms with Gasteiger partial charge in [-0.3, -0.25) is 15.0 Å². The molecule has 0 aliphatic heterocycles. The summed E-state index contributed by atoms with van der Waals surface area (Å²) in [6.45, 7) is 0. The predicted molar refractivity (Wildman–Crippen MR) is 95.3 cm³/mol. The Labute approximate surface area is 145 Å². The lowest BCUT2D eigenvalue weighted by atomic mass is 10.2. The molecule has 2 aromatic heterocycles. The molecule has 7 heteroatoms. The number of hydrogen-bond donors (Lipinski definition) is 1. The van der Waals surface area contributed by atoms with Crippen LogP contribution in [0.15, 0.2) is 51.3 Å². The van der Waals surface area contributed by atoms with Crippen molar-refractivity contribution in [2.24, 2.45) is 0 Å². The van der Waals surface area contributed by atoms with Crippen molar-refractivity contribution < 1.29 is 4.79 Å². The Morgan fingerprint density at radius 2 is 2.22 bits per heavy atom. The number of benzene rings is 1. The highest BCUT2D eigenvalue weighted by Crippen LogP contribution is 2.15. The van der Waals surface area contributed by atoms with Gasteiger partial charge in [0.25, 0.3) is 5.56 Å². The molecule has 0 spiro atoms. The minimum atomic E-state index is -0.289. The molecule has 0 bridgehead atoms. The second kappa shape index (κ2) is 7.06. The molecule has 3 aromatic rings. The van der Waals surface area contributed by atoms with E-state index in [1.54, 1.807) is 23.5 Å². The van der Waals surface area contributed by atoms with Crippen molar-refractivity contribution in [2.45, 2.75) is 19.3 Å². The van der Waals surface area contributed by atoms with Crippen molar-refractivity contribution in [1.82, 2.24) is 9.66 Å². The lowest BCUT2D eigenvalue weighted by molar-refractivity contribution is -0.117. The standard InChI is InChI=1S/C16H14BrN3O2S/c17-11-6-7-14-13(9-11)16(22)20(10-18-14)19-15(21)5-1-3-12-4-2-8-23-12/h2,4,6-10H,1,3,5H2,(H,19,21). The Hall–Kier alpha value is -1.99. The monoisotopic (exact) mass is 391 g/mol. The van der Waals surface area contributed by atoms with Gasteiger partial charge in [0, 0.05) is 15.8 Å². The first-order valence-electron chi connectivity index (χ1n) is 7.12. The molecule has 1 aromatic carbocycles. The van der Waals surface area contributed by atoms with Gasteiger partial charge >= 0.3 is 0 Å². The van der Waals surface area contributed by atoms with Gasteiger partial charge in [0.1, 0.15) is 6.33 Å². The lowest BCUT2D eigenvalue weighted by Crippen LogP contribution is -2.33. The zero-order valence-corrected chi connectivity index (χ0v) is 14.6. The van der Waals surface area contributed by atoms with Crippen molar-refractivity contribution in [2.75, 3.05) is 5.43 Å². The Kier molecular flexibility index (Phi) is 4.88. The van der Waals surface area contributed by atoms with E-state index in [0.29, 0.717) is 17.3 Å². The van der Waals surface area contributed by atoms with Gasteiger partial charge in [-0.25, -0.2) is 9.66 Å². The van der Waals surface area contributed by atoms with Crippen molar-refractivity contribution in [3.8, 4) is 0 Å². The van der Waals surface area contributed by atoms with Crippen LogP contribution in [0.25, 0.3) is 10.9 Å². The highest BCUT2D eigenvalue weighted by Gasteiger charge is 2.08. The first-order chi connectivity index (χ1) is 11.1. The molecule has 0 fully saturated rings. The molecule has 0 saturated carbocycles. The van der Waals surface area contributed by atoms with Gasteiger partial charge in [0.2, 0.25) is 5.91 Å². The summed E-state index contributed by atoms with van der Waals surface area (Å²) in [5.74, 6) is -0.195. The normalized spacial score (nSPS) is 10.8. The van der Waals surface area contributed by atoms with E-state index in [1.807, 2.05) is 17.5 Å². The SMILES string of the molecule is O=C(CCCc1cccs1)Nn1cnc2ccc(Br)cc2c1=O. The first kappa shape index (κ1) is 15.9. The van der Waals surface area contributed by atoms with Crippen molar-refractivity contribution in [3.63, 3.8) is 0 Å². The van der Waals surface area contributed by atoms with E-state index in [4.69, 9.17) is 0 Å². The number of nitrogens with zero attached hydrogens (tertiary/aromatic N) is 2. The first-order valence-corrected chi connectivity index (χ1v) is 8.80. The second-order valence-electron chi connectivity index (χ2n) is 5.05. The molecular weight excluding hydrogens is 378 g/mol. The quantitative estimate of drug-likeness (QED) is 0.725. The van der Waals surface area contributed by atoms with Crippen LogP contribution in [-0.4, -0.2) is 15.6 Å². The fourth-order valence-corrected chi connectivity index (χ4v) is 3.35. The zero-order chi connectivity index (χ0) is 16.2. The number of nitrogens with one attached hydrogen (secondary N) is 1. The summed E-state index contributed by atoms with van der Waals surface area (Å²) in [7, 11) is 0. The van der Waals surface area contributed by atoms with Gasteiger partial charge in [-0.2, -0.15) is 0 Å². The van der Waals surface area contributed by atoms with Crippen LogP contribution in [0, 0.1) is 0 Å². The summed E-state index contributed by atoms with van der Waals surface area (Å²) in [5.41, 5.74) is 2.90. The number of hydrogen-bond acceptors (Lipinski definition) is 4. The van der Waals surface area contributed by atoms with E-state index in [1.165, 1.54) is 11.2 Å². The summed E-state index contributed by atoms with van der Waals surface area (Å²) >= 11 is 5.02. The topological polar surface area (TPSA) is 64.0 Å². The van der Waals surface area contributed by atoms with Crippen LogP contribution in [0.1, 0.15) is 17.7 Å². The predicted octanol–water partition coefficient (Wildman–Crippen LogP) is 3.31. The summed E-state index contributed by atoms with van der Waals surface area (Å²) in [5, 5.41) is 2.48. The van der Waals surface area contributed by atoms with Crippen LogP contribution in [-0.2, 0) is 11.2 Å². The van der Waals surface area contributed by atoms with Crippen LogP contribution in [0.2, 0.25) is 0 Å². The third kappa shape index (κ3) is 3.86. The van der Waals surface area contributed by atoms with E-state index >= 15 is 0 Å². The van der Waals surface area contributed by atoms with Crippen LogP contribution >= 0.6 is 27.3 Å². The van der Waals surface area contributed by atoms with E-state index in [0.717, 1.165) is 22.0 Å². The lowest BCUT2D eigenvalue weighted by Gasteiger charge is -2.08. The van der Waals surface area contributed by atoms with E-state index in [-0.39, 0.29) is 11.5 Å². The van der Waals surface area contributed by atoms with Crippen molar-refractivity contribution in [3.05, 3.63) is 61.7 Å². The number of carbonyl (C=O) groups is 1. The molecule has 3 rings (SSSR count). The molecule has 0 aliphatic carbocycles. The van der Waals surface area contributed by atoms with Crippen LogP contribution < -0.4 is 11.0 Å². The van der Waals surface area contributed by atoms with Crippen LogP contribution in [0.5, 0.6) is 0 Å². The fraction of sp³-hybridized carbons (Fsp3) is 0.188. The summed E-state index contributed by atoms with van der Waals surface area (Å²) in [6.07, 6.45) is 3.31. The molecule has 0 aliphatic rings. The maximum Gasteiger partial charge on any atom is 0.280 e. The van der Waals surface area contributed by atoms with E-state index in [9.17, 15) is 9.59 Å². The molecule has 0 atom stereocenters. The van der Waals surface area contributed by atoms with Gasteiger partial charge in [-0.1, -0.05) is 22.0 Å². The van der Waals surface area contributed by atoms with Crippen molar-refractivity contribution in [1.29, 1.82) is 0 Å². The van der Waals surface area contributed by atoms with Crippen molar-refractivity contribution >= 4 is 44.1 Å². The van der Waals surface area contributed by atoms with Gasteiger partial charge < -0.3 is 0 Å². The average molecular weight is 392 g/mol. The molecule has 0 radical (unpaired) electrons. The summed E-state index contributed by atoms with van der Waals surface area (Å²) in [4.78, 5) is 29.8. The number of halogens is 1. The number of rotatable bonds is 5. The highest BCUT2D eigenvalue weighted by molar-refractivity contribution is 9.10. The summed E-state index contributed by atoms with van der Waals surface area (Å²) < 4.78 is 1.94. The minimum absolute atomic E-state index is 0.195. The molecule has 5 nitrogen and oxygen atoms in total. The Morgan fingerprint density at radius 3 is 3.00 bits per heavy atom. The molecule has 0 saturated heterocycles. The molecule has 0 unspecified atom stereocenters. The maximum absolute atomic E-state index is 12.4. The van der Waals surface area contributed by atoms with E-state index in [2.05, 4.69) is 32.4 Å².